The van der Waals surface area contributed by atoms with Crippen molar-refractivity contribution >= 4 is 17.9 Å². The van der Waals surface area contributed by atoms with E-state index in [2.05, 4.69) is 81.5 Å². The van der Waals surface area contributed by atoms with Crippen LogP contribution in [0.1, 0.15) is 213 Å². The van der Waals surface area contributed by atoms with Crippen LogP contribution in [0, 0.1) is 0 Å². The Morgan fingerprint density at radius 3 is 1.15 bits per heavy atom. The van der Waals surface area contributed by atoms with Crippen LogP contribution in [-0.2, 0) is 28.6 Å². The van der Waals surface area contributed by atoms with Crippen LogP contribution in [0.25, 0.3) is 0 Å². The molecule has 0 spiro atoms. The molecule has 1 atom stereocenters. The normalized spacial score (nSPS) is 13.1. The highest BCUT2D eigenvalue weighted by molar-refractivity contribution is 5.71. The summed E-state index contributed by atoms with van der Waals surface area (Å²) in [5, 5.41) is 0. The van der Waals surface area contributed by atoms with Gasteiger partial charge < -0.3 is 14.2 Å². The van der Waals surface area contributed by atoms with Gasteiger partial charge in [0.05, 0.1) is 0 Å². The van der Waals surface area contributed by atoms with Crippen molar-refractivity contribution < 1.29 is 28.6 Å². The van der Waals surface area contributed by atoms with E-state index in [-0.39, 0.29) is 31.1 Å². The molecule has 0 bridgehead atoms. The molecule has 0 aliphatic carbocycles. The summed E-state index contributed by atoms with van der Waals surface area (Å²) >= 11 is 0. The summed E-state index contributed by atoms with van der Waals surface area (Å²) in [5.41, 5.74) is 0. The molecule has 0 aromatic heterocycles. The highest BCUT2D eigenvalue weighted by atomic mass is 16.6. The fourth-order valence-electron chi connectivity index (χ4n) is 6.72. The van der Waals surface area contributed by atoms with Crippen molar-refractivity contribution in [3.05, 3.63) is 122 Å². The van der Waals surface area contributed by atoms with Gasteiger partial charge in [-0.05, 0) is 96.3 Å². The molecule has 0 saturated heterocycles. The zero-order chi connectivity index (χ0) is 47.2. The number of unbranched alkanes of at least 4 members (excludes halogenated alkanes) is 19. The minimum absolute atomic E-state index is 0.109. The molecule has 0 heterocycles. The van der Waals surface area contributed by atoms with Crippen molar-refractivity contribution in [3.63, 3.8) is 0 Å². The van der Waals surface area contributed by atoms with Gasteiger partial charge in [0, 0.05) is 19.3 Å². The number of esters is 3. The second-order valence-electron chi connectivity index (χ2n) is 16.8. The molecule has 6 heteroatoms. The van der Waals surface area contributed by atoms with Crippen LogP contribution in [0.3, 0.4) is 0 Å². The quantitative estimate of drug-likeness (QED) is 0.0199. The maximum atomic E-state index is 12.8. The molecule has 0 fully saturated rings. The highest BCUT2D eigenvalue weighted by Gasteiger charge is 2.19. The molecule has 366 valence electrons. The van der Waals surface area contributed by atoms with Crippen LogP contribution < -0.4 is 0 Å². The second kappa shape index (κ2) is 52.4. The largest absolute Gasteiger partial charge is 0.462 e. The molecule has 0 rings (SSSR count). The third-order valence-electron chi connectivity index (χ3n) is 10.6. The molecular formula is C59H94O6. The van der Waals surface area contributed by atoms with E-state index in [9.17, 15) is 14.4 Å². The molecule has 0 aliphatic rings. The van der Waals surface area contributed by atoms with Crippen LogP contribution in [0.15, 0.2) is 122 Å². The summed E-state index contributed by atoms with van der Waals surface area (Å²) in [5.74, 6) is -0.988. The first kappa shape index (κ1) is 60.8. The van der Waals surface area contributed by atoms with Gasteiger partial charge in [0.1, 0.15) is 13.2 Å². The van der Waals surface area contributed by atoms with Gasteiger partial charge in [0.25, 0.3) is 0 Å². The van der Waals surface area contributed by atoms with Crippen molar-refractivity contribution in [1.82, 2.24) is 0 Å². The average molecular weight is 899 g/mol. The SMILES string of the molecule is CC\C=C/C=C\C=C/C=C\C=C\C=C/CCCCCC(=O)OCC(COC(=O)CCCCC/C=C\CCCCCCCCC)OC(=O)CCCCCCCC/C=C\C/C=C\C/C=C\CC. The first-order valence-electron chi connectivity index (χ1n) is 26.1. The zero-order valence-corrected chi connectivity index (χ0v) is 41.7. The molecule has 65 heavy (non-hydrogen) atoms. The summed E-state index contributed by atoms with van der Waals surface area (Å²) in [6.07, 6.45) is 71.8. The Kier molecular flexibility index (Phi) is 49.1. The first-order valence-corrected chi connectivity index (χ1v) is 26.1. The Labute approximate surface area is 399 Å². The number of ether oxygens (including phenoxy) is 3. The van der Waals surface area contributed by atoms with Gasteiger partial charge >= 0.3 is 17.9 Å². The number of allylic oxidation sites excluding steroid dienone is 20. The van der Waals surface area contributed by atoms with Crippen LogP contribution in [0.2, 0.25) is 0 Å². The topological polar surface area (TPSA) is 78.9 Å². The van der Waals surface area contributed by atoms with E-state index in [0.29, 0.717) is 19.3 Å². The van der Waals surface area contributed by atoms with E-state index in [1.54, 1.807) is 0 Å². The van der Waals surface area contributed by atoms with E-state index < -0.39 is 6.10 Å². The average Bonchev–Trinajstić information content (AvgIpc) is 3.30. The lowest BCUT2D eigenvalue weighted by Gasteiger charge is -2.18. The Bertz CT molecular complexity index is 1400. The third kappa shape index (κ3) is 50.7. The van der Waals surface area contributed by atoms with E-state index in [4.69, 9.17) is 14.2 Å². The van der Waals surface area contributed by atoms with Gasteiger partial charge in [-0.25, -0.2) is 0 Å². The maximum absolute atomic E-state index is 12.8. The molecule has 0 saturated carbocycles. The van der Waals surface area contributed by atoms with Crippen molar-refractivity contribution in [3.8, 4) is 0 Å². The van der Waals surface area contributed by atoms with Crippen molar-refractivity contribution in [2.24, 2.45) is 0 Å². The maximum Gasteiger partial charge on any atom is 0.306 e. The van der Waals surface area contributed by atoms with Gasteiger partial charge in [-0.1, -0.05) is 219 Å². The molecule has 0 aromatic rings. The third-order valence-corrected chi connectivity index (χ3v) is 10.6. The van der Waals surface area contributed by atoms with Gasteiger partial charge in [-0.2, -0.15) is 0 Å². The first-order chi connectivity index (χ1) is 32.0. The van der Waals surface area contributed by atoms with E-state index in [1.165, 1.54) is 57.8 Å². The highest BCUT2D eigenvalue weighted by Crippen LogP contribution is 2.13. The summed E-state index contributed by atoms with van der Waals surface area (Å²) in [7, 11) is 0. The van der Waals surface area contributed by atoms with E-state index >= 15 is 0 Å². The Morgan fingerprint density at radius 2 is 0.677 bits per heavy atom. The smallest absolute Gasteiger partial charge is 0.306 e. The van der Waals surface area contributed by atoms with Gasteiger partial charge in [0.2, 0.25) is 0 Å². The molecule has 1 unspecified atom stereocenters. The number of hydrogen-bond acceptors (Lipinski definition) is 6. The predicted molar refractivity (Wildman–Crippen MR) is 279 cm³/mol. The lowest BCUT2D eigenvalue weighted by atomic mass is 10.1. The monoisotopic (exact) mass is 899 g/mol. The van der Waals surface area contributed by atoms with Crippen LogP contribution in [0.5, 0.6) is 0 Å². The summed E-state index contributed by atoms with van der Waals surface area (Å²) < 4.78 is 16.8. The Hall–Kier alpha value is -4.19. The number of carbonyl (C=O) groups is 3. The fourth-order valence-corrected chi connectivity index (χ4v) is 6.72. The van der Waals surface area contributed by atoms with E-state index in [0.717, 1.165) is 116 Å². The van der Waals surface area contributed by atoms with Crippen molar-refractivity contribution in [2.75, 3.05) is 13.2 Å². The molecule has 0 aromatic carbocycles. The Morgan fingerprint density at radius 1 is 0.338 bits per heavy atom. The number of hydrogen-bond donors (Lipinski definition) is 0. The lowest BCUT2D eigenvalue weighted by molar-refractivity contribution is -0.167. The van der Waals surface area contributed by atoms with Crippen molar-refractivity contribution in [1.29, 1.82) is 0 Å². The molecule has 0 amide bonds. The standard InChI is InChI=1S/C59H94O6/c1-4-7-10-13-16-19-22-25-28-30-32-34-37-40-43-46-49-52-58(61)64-55-56(54-63-57(60)51-48-45-42-39-36-33-27-24-21-18-15-12-9-6-3)65-59(62)53-50-47-44-41-38-35-31-29-26-23-20-17-14-11-8-5-2/h7-8,10-11,13,16-17,19-20,22,25-26,28-30,32-34,36-37,56H,4-6,9,12,14-15,18,21,23-24,27,31,35,38-55H2,1-3H3/b10-7-,11-8-,16-13-,20-17-,22-19-,28-25-,29-26-,32-30+,36-33-,37-34-. The van der Waals surface area contributed by atoms with E-state index in [1.807, 2.05) is 60.8 Å². The minimum Gasteiger partial charge on any atom is -0.462 e. The number of rotatable bonds is 45. The summed E-state index contributed by atoms with van der Waals surface area (Å²) in [6.45, 7) is 6.30. The van der Waals surface area contributed by atoms with Crippen LogP contribution in [0.4, 0.5) is 0 Å². The predicted octanol–water partition coefficient (Wildman–Crippen LogP) is 17.3. The number of carbonyl (C=O) groups excluding carboxylic acids is 3. The Balaban J connectivity index is 4.55. The molecule has 6 nitrogen and oxygen atoms in total. The summed E-state index contributed by atoms with van der Waals surface area (Å²) in [6, 6.07) is 0. The van der Waals surface area contributed by atoms with Gasteiger partial charge in [-0.3, -0.25) is 14.4 Å². The zero-order valence-electron chi connectivity index (χ0n) is 41.7. The van der Waals surface area contributed by atoms with Gasteiger partial charge in [-0.15, -0.1) is 0 Å². The summed E-state index contributed by atoms with van der Waals surface area (Å²) in [4.78, 5) is 38.0. The second-order valence-corrected chi connectivity index (χ2v) is 16.8. The molecule has 0 aliphatic heterocycles. The minimum atomic E-state index is -0.813. The fraction of sp³-hybridized carbons (Fsp3) is 0.610. The van der Waals surface area contributed by atoms with Crippen LogP contribution >= 0.6 is 0 Å². The van der Waals surface area contributed by atoms with Crippen molar-refractivity contribution in [2.45, 2.75) is 219 Å². The molecular weight excluding hydrogens is 805 g/mol. The molecule has 0 N–H and O–H groups in total. The molecule has 0 radical (unpaired) electrons. The van der Waals surface area contributed by atoms with Gasteiger partial charge in [0.15, 0.2) is 6.10 Å². The van der Waals surface area contributed by atoms with Crippen LogP contribution in [-0.4, -0.2) is 37.2 Å². The lowest BCUT2D eigenvalue weighted by Crippen LogP contribution is -2.30.